The standard InChI is InChI=1S/C23H28N8O3/c1-13-3-5-14(6-4-13)20(33)27-18-8-7-17(10-19(18)32)26-21-28-22(30-23(29-21)34-2)31-11-15(24)9-16(25)12-31/h3-8,10,15-16,32H,9,11-12,24-25H2,1-2H3,(H,27,33)(H,26,28,29,30)/t15-,16+. The van der Waals surface area contributed by atoms with Crippen molar-refractivity contribution in [3.63, 3.8) is 0 Å². The number of rotatable bonds is 6. The van der Waals surface area contributed by atoms with Crippen LogP contribution in [0.2, 0.25) is 0 Å². The Labute approximate surface area is 197 Å². The summed E-state index contributed by atoms with van der Waals surface area (Å²) in [6.45, 7) is 3.08. The lowest BCUT2D eigenvalue weighted by molar-refractivity contribution is 0.102. The SMILES string of the molecule is COc1nc(Nc2ccc(NC(=O)c3ccc(C)cc3)c(O)c2)nc(N2C[C@H](N)C[C@H](N)C2)n1. The van der Waals surface area contributed by atoms with Crippen LogP contribution in [0.4, 0.5) is 23.3 Å². The molecule has 1 saturated heterocycles. The second-order valence-corrected chi connectivity index (χ2v) is 8.28. The van der Waals surface area contributed by atoms with Crippen LogP contribution in [0.5, 0.6) is 11.8 Å². The first kappa shape index (κ1) is 23.2. The van der Waals surface area contributed by atoms with Crippen LogP contribution in [-0.4, -0.2) is 58.2 Å². The van der Waals surface area contributed by atoms with Gasteiger partial charge in [-0.1, -0.05) is 17.7 Å². The molecule has 34 heavy (non-hydrogen) atoms. The first-order chi connectivity index (χ1) is 16.3. The van der Waals surface area contributed by atoms with Gasteiger partial charge in [0, 0.05) is 42.5 Å². The summed E-state index contributed by atoms with van der Waals surface area (Å²) in [4.78, 5) is 27.4. The van der Waals surface area contributed by atoms with Crippen molar-refractivity contribution in [3.05, 3.63) is 53.6 Å². The molecule has 0 aliphatic carbocycles. The van der Waals surface area contributed by atoms with Gasteiger partial charge in [0.25, 0.3) is 5.91 Å². The third-order valence-corrected chi connectivity index (χ3v) is 5.40. The highest BCUT2D eigenvalue weighted by Crippen LogP contribution is 2.29. The molecule has 2 aromatic carbocycles. The predicted molar refractivity (Wildman–Crippen MR) is 130 cm³/mol. The van der Waals surface area contributed by atoms with Crippen molar-refractivity contribution in [1.82, 2.24) is 15.0 Å². The summed E-state index contributed by atoms with van der Waals surface area (Å²) >= 11 is 0. The molecule has 1 aromatic heterocycles. The average Bonchev–Trinajstić information content (AvgIpc) is 2.80. The summed E-state index contributed by atoms with van der Waals surface area (Å²) in [5, 5.41) is 16.2. The maximum atomic E-state index is 12.5. The fourth-order valence-corrected chi connectivity index (χ4v) is 3.72. The number of phenolic OH excluding ortho intramolecular Hbond substituents is 1. The molecule has 0 spiro atoms. The Bertz CT molecular complexity index is 1160. The van der Waals surface area contributed by atoms with Gasteiger partial charge in [0.1, 0.15) is 5.75 Å². The van der Waals surface area contributed by atoms with E-state index in [9.17, 15) is 9.90 Å². The molecule has 3 aromatic rings. The Hall–Kier alpha value is -3.96. The number of benzene rings is 2. The molecule has 11 nitrogen and oxygen atoms in total. The third-order valence-electron chi connectivity index (χ3n) is 5.40. The third kappa shape index (κ3) is 5.50. The van der Waals surface area contributed by atoms with Crippen molar-refractivity contribution in [2.24, 2.45) is 11.5 Å². The molecule has 0 unspecified atom stereocenters. The number of nitrogens with one attached hydrogen (secondary N) is 2. The summed E-state index contributed by atoms with van der Waals surface area (Å²) in [6.07, 6.45) is 0.732. The number of phenols is 1. The molecule has 0 radical (unpaired) electrons. The number of aromatic hydroxyl groups is 1. The monoisotopic (exact) mass is 464 g/mol. The average molecular weight is 465 g/mol. The number of aromatic nitrogens is 3. The number of nitrogens with zero attached hydrogens (tertiary/aromatic N) is 4. The van der Waals surface area contributed by atoms with Crippen molar-refractivity contribution in [2.75, 3.05) is 35.7 Å². The summed E-state index contributed by atoms with van der Waals surface area (Å²) in [7, 11) is 1.47. The van der Waals surface area contributed by atoms with E-state index in [1.807, 2.05) is 24.0 Å². The Balaban J connectivity index is 1.50. The van der Waals surface area contributed by atoms with Crippen molar-refractivity contribution < 1.29 is 14.6 Å². The first-order valence-corrected chi connectivity index (χ1v) is 10.8. The fourth-order valence-electron chi connectivity index (χ4n) is 3.72. The van der Waals surface area contributed by atoms with Crippen molar-refractivity contribution in [2.45, 2.75) is 25.4 Å². The molecule has 0 saturated carbocycles. The Morgan fingerprint density at radius 2 is 1.79 bits per heavy atom. The lowest BCUT2D eigenvalue weighted by Gasteiger charge is -2.34. The minimum atomic E-state index is -0.319. The second kappa shape index (κ2) is 9.89. The quantitative estimate of drug-likeness (QED) is 0.339. The topological polar surface area (TPSA) is 165 Å². The smallest absolute Gasteiger partial charge is 0.322 e. The molecule has 4 rings (SSSR count). The minimum Gasteiger partial charge on any atom is -0.506 e. The zero-order valence-electron chi connectivity index (χ0n) is 19.0. The Morgan fingerprint density at radius 1 is 1.09 bits per heavy atom. The van der Waals surface area contributed by atoms with Gasteiger partial charge in [0.15, 0.2) is 0 Å². The van der Waals surface area contributed by atoms with E-state index >= 15 is 0 Å². The highest BCUT2D eigenvalue weighted by atomic mass is 16.5. The van der Waals surface area contributed by atoms with Crippen LogP contribution in [0, 0.1) is 6.92 Å². The molecule has 0 bridgehead atoms. The molecule has 1 aliphatic rings. The summed E-state index contributed by atoms with van der Waals surface area (Å²) in [5.41, 5.74) is 14.5. The maximum Gasteiger partial charge on any atom is 0.322 e. The van der Waals surface area contributed by atoms with Crippen LogP contribution in [0.1, 0.15) is 22.3 Å². The van der Waals surface area contributed by atoms with E-state index in [1.165, 1.54) is 13.2 Å². The van der Waals surface area contributed by atoms with Gasteiger partial charge in [0.2, 0.25) is 11.9 Å². The van der Waals surface area contributed by atoms with Crippen LogP contribution in [0.3, 0.4) is 0 Å². The van der Waals surface area contributed by atoms with Gasteiger partial charge >= 0.3 is 6.01 Å². The zero-order chi connectivity index (χ0) is 24.2. The number of carbonyl (C=O) groups excluding carboxylic acids is 1. The summed E-state index contributed by atoms with van der Waals surface area (Å²) in [6, 6.07) is 11.9. The number of methoxy groups -OCH3 is 1. The van der Waals surface area contributed by atoms with Crippen LogP contribution in [0.15, 0.2) is 42.5 Å². The molecule has 2 heterocycles. The molecule has 1 amide bonds. The largest absolute Gasteiger partial charge is 0.506 e. The number of aryl methyl sites for hydroxylation is 1. The summed E-state index contributed by atoms with van der Waals surface area (Å²) < 4.78 is 5.23. The van der Waals surface area contributed by atoms with Gasteiger partial charge in [-0.15, -0.1) is 0 Å². The zero-order valence-corrected chi connectivity index (χ0v) is 19.0. The number of nitrogens with two attached hydrogens (primary N) is 2. The first-order valence-electron chi connectivity index (χ1n) is 10.8. The Kier molecular flexibility index (Phi) is 6.75. The lowest BCUT2D eigenvalue weighted by atomic mass is 10.0. The van der Waals surface area contributed by atoms with Crippen LogP contribution in [0.25, 0.3) is 0 Å². The number of ether oxygens (including phenoxy) is 1. The number of carbonyl (C=O) groups is 1. The normalized spacial score (nSPS) is 17.8. The predicted octanol–water partition coefficient (Wildman–Crippen LogP) is 1.75. The van der Waals surface area contributed by atoms with Gasteiger partial charge in [0.05, 0.1) is 12.8 Å². The van der Waals surface area contributed by atoms with E-state index in [0.29, 0.717) is 30.3 Å². The van der Waals surface area contributed by atoms with E-state index < -0.39 is 0 Å². The fraction of sp³-hybridized carbons (Fsp3) is 0.304. The van der Waals surface area contributed by atoms with Gasteiger partial charge in [-0.25, -0.2) is 0 Å². The number of hydrogen-bond acceptors (Lipinski definition) is 10. The molecule has 7 N–H and O–H groups in total. The van der Waals surface area contributed by atoms with Crippen LogP contribution >= 0.6 is 0 Å². The van der Waals surface area contributed by atoms with Crippen LogP contribution in [-0.2, 0) is 0 Å². The van der Waals surface area contributed by atoms with Crippen molar-refractivity contribution in [3.8, 4) is 11.8 Å². The maximum absolute atomic E-state index is 12.5. The van der Waals surface area contributed by atoms with E-state index in [1.54, 1.807) is 24.3 Å². The molecule has 2 atom stereocenters. The van der Waals surface area contributed by atoms with Gasteiger partial charge in [-0.2, -0.15) is 15.0 Å². The number of hydrogen-bond donors (Lipinski definition) is 5. The highest BCUT2D eigenvalue weighted by Gasteiger charge is 2.25. The molecular formula is C23H28N8O3. The highest BCUT2D eigenvalue weighted by molar-refractivity contribution is 6.05. The number of piperidine rings is 1. The molecule has 11 heteroatoms. The van der Waals surface area contributed by atoms with E-state index in [0.717, 1.165) is 12.0 Å². The number of anilines is 4. The number of amides is 1. The van der Waals surface area contributed by atoms with Crippen molar-refractivity contribution >= 4 is 29.2 Å². The van der Waals surface area contributed by atoms with E-state index in [2.05, 4.69) is 25.6 Å². The molecular weight excluding hydrogens is 436 g/mol. The minimum absolute atomic E-state index is 0.0810. The summed E-state index contributed by atoms with van der Waals surface area (Å²) in [5.74, 6) is 0.192. The molecule has 1 aliphatic heterocycles. The molecule has 1 fully saturated rings. The lowest BCUT2D eigenvalue weighted by Crippen LogP contribution is -2.52. The Morgan fingerprint density at radius 3 is 2.44 bits per heavy atom. The van der Waals surface area contributed by atoms with Gasteiger partial charge in [-0.05, 0) is 37.6 Å². The van der Waals surface area contributed by atoms with Gasteiger partial charge in [-0.3, -0.25) is 4.79 Å². The molecule has 178 valence electrons. The second-order valence-electron chi connectivity index (χ2n) is 8.28. The van der Waals surface area contributed by atoms with Crippen molar-refractivity contribution in [1.29, 1.82) is 0 Å². The van der Waals surface area contributed by atoms with E-state index in [-0.39, 0.29) is 41.4 Å². The van der Waals surface area contributed by atoms with Crippen LogP contribution < -0.4 is 31.7 Å². The van der Waals surface area contributed by atoms with Gasteiger partial charge < -0.3 is 36.8 Å². The van der Waals surface area contributed by atoms with E-state index in [4.69, 9.17) is 16.2 Å².